The molecule has 0 N–H and O–H groups in total. The van der Waals surface area contributed by atoms with Gasteiger partial charge in [-0.15, -0.1) is 0 Å². The number of para-hydroxylation sites is 1. The summed E-state index contributed by atoms with van der Waals surface area (Å²) in [6.45, 7) is 5.91. The van der Waals surface area contributed by atoms with E-state index in [-0.39, 0.29) is 5.97 Å². The van der Waals surface area contributed by atoms with Crippen LogP contribution in [0.5, 0.6) is 5.75 Å². The van der Waals surface area contributed by atoms with Crippen molar-refractivity contribution in [2.45, 2.75) is 52.6 Å². The van der Waals surface area contributed by atoms with Crippen molar-refractivity contribution >= 4 is 28.0 Å². The highest BCUT2D eigenvalue weighted by Crippen LogP contribution is 2.33. The van der Waals surface area contributed by atoms with E-state index >= 15 is 0 Å². The maximum Gasteiger partial charge on any atom is 0.337 e. The highest BCUT2D eigenvalue weighted by atomic mass is 16.5. The van der Waals surface area contributed by atoms with Gasteiger partial charge in [0.1, 0.15) is 17.4 Å². The number of esters is 1. The van der Waals surface area contributed by atoms with Gasteiger partial charge in [0.15, 0.2) is 0 Å². The van der Waals surface area contributed by atoms with Gasteiger partial charge in [-0.1, -0.05) is 38.5 Å². The average molecular weight is 511 g/mol. The smallest absolute Gasteiger partial charge is 0.337 e. The van der Waals surface area contributed by atoms with E-state index in [0.717, 1.165) is 77.3 Å². The number of unbranched alkanes of at least 4 members (excludes halogenated alkanes) is 1. The molecule has 0 aliphatic rings. The molecular weight excluding hydrogens is 476 g/mol. The predicted molar refractivity (Wildman–Crippen MR) is 151 cm³/mol. The number of aromatic nitrogens is 4. The Balaban J connectivity index is 1.71. The number of methoxy groups -OCH3 is 2. The predicted octanol–water partition coefficient (Wildman–Crippen LogP) is 6.65. The van der Waals surface area contributed by atoms with Gasteiger partial charge in [0.25, 0.3) is 0 Å². The topological polar surface area (TPSA) is 71.2 Å². The van der Waals surface area contributed by atoms with E-state index in [1.54, 1.807) is 7.11 Å². The van der Waals surface area contributed by atoms with Gasteiger partial charge in [-0.2, -0.15) is 0 Å². The van der Waals surface area contributed by atoms with Crippen molar-refractivity contribution in [2.24, 2.45) is 0 Å². The summed E-state index contributed by atoms with van der Waals surface area (Å²) in [4.78, 5) is 22.4. The van der Waals surface area contributed by atoms with Crippen molar-refractivity contribution in [1.29, 1.82) is 0 Å². The number of benzene rings is 3. The Hall–Kier alpha value is -4.13. The maximum atomic E-state index is 12.2. The zero-order chi connectivity index (χ0) is 26.6. The Morgan fingerprint density at radius 2 is 1.71 bits per heavy atom. The Bertz CT molecular complexity index is 1580. The first-order valence-electron chi connectivity index (χ1n) is 13.3. The number of fused-ring (bicyclic) bond motifs is 2. The van der Waals surface area contributed by atoms with Gasteiger partial charge in [-0.3, -0.25) is 0 Å². The van der Waals surface area contributed by atoms with Crippen LogP contribution < -0.4 is 4.74 Å². The minimum absolute atomic E-state index is 0.361. The Labute approximate surface area is 223 Å². The molecule has 7 nitrogen and oxygen atoms in total. The number of ether oxygens (including phenoxy) is 2. The minimum Gasteiger partial charge on any atom is -0.497 e. The summed E-state index contributed by atoms with van der Waals surface area (Å²) in [6.07, 6.45) is 3.99. The fourth-order valence-electron chi connectivity index (χ4n) is 5.04. The Morgan fingerprint density at radius 1 is 0.895 bits per heavy atom. The largest absolute Gasteiger partial charge is 0.497 e. The first kappa shape index (κ1) is 25.5. The zero-order valence-corrected chi connectivity index (χ0v) is 22.5. The average Bonchev–Trinajstić information content (AvgIpc) is 3.49. The van der Waals surface area contributed by atoms with Crippen LogP contribution in [-0.4, -0.2) is 39.3 Å². The van der Waals surface area contributed by atoms with Crippen LogP contribution in [0.2, 0.25) is 0 Å². The van der Waals surface area contributed by atoms with Gasteiger partial charge < -0.3 is 18.6 Å². The third-order valence-corrected chi connectivity index (χ3v) is 6.96. The zero-order valence-electron chi connectivity index (χ0n) is 22.5. The molecule has 7 heteroatoms. The molecule has 0 fully saturated rings. The normalized spacial score (nSPS) is 11.4. The molecule has 0 spiro atoms. The third kappa shape index (κ3) is 4.76. The van der Waals surface area contributed by atoms with Crippen LogP contribution in [0.25, 0.3) is 33.5 Å². The number of aryl methyl sites for hydroxylation is 2. The van der Waals surface area contributed by atoms with Crippen LogP contribution in [0.3, 0.4) is 0 Å². The second-order valence-electron chi connectivity index (χ2n) is 9.52. The van der Waals surface area contributed by atoms with E-state index in [1.165, 1.54) is 12.7 Å². The monoisotopic (exact) mass is 510 g/mol. The quantitative estimate of drug-likeness (QED) is 0.197. The third-order valence-electron chi connectivity index (χ3n) is 6.96. The molecule has 0 radical (unpaired) electrons. The lowest BCUT2D eigenvalue weighted by atomic mass is 10.1. The molecule has 0 atom stereocenters. The number of carbonyl (C=O) groups is 1. The molecule has 2 heterocycles. The van der Waals surface area contributed by atoms with Gasteiger partial charge >= 0.3 is 5.97 Å². The first-order chi connectivity index (χ1) is 18.6. The van der Waals surface area contributed by atoms with Crippen LogP contribution in [0.1, 0.15) is 54.9 Å². The number of nitrogens with zero attached hydrogens (tertiary/aromatic N) is 4. The molecule has 0 saturated carbocycles. The molecule has 5 aromatic rings. The summed E-state index contributed by atoms with van der Waals surface area (Å²) in [5.74, 6) is 2.44. The molecule has 0 unspecified atom stereocenters. The van der Waals surface area contributed by atoms with Crippen LogP contribution >= 0.6 is 0 Å². The molecule has 196 valence electrons. The van der Waals surface area contributed by atoms with Crippen LogP contribution in [0, 0.1) is 0 Å². The number of carbonyl (C=O) groups excluding carboxylic acids is 1. The van der Waals surface area contributed by atoms with Gasteiger partial charge in [0.2, 0.25) is 0 Å². The van der Waals surface area contributed by atoms with Gasteiger partial charge in [0.05, 0.1) is 41.8 Å². The van der Waals surface area contributed by atoms with Crippen LogP contribution in [0.15, 0.2) is 60.7 Å². The molecule has 0 aliphatic heterocycles. The summed E-state index contributed by atoms with van der Waals surface area (Å²) < 4.78 is 14.9. The number of hydrogen-bond donors (Lipinski definition) is 0. The lowest BCUT2D eigenvalue weighted by molar-refractivity contribution is 0.0601. The number of hydrogen-bond acceptors (Lipinski definition) is 5. The first-order valence-corrected chi connectivity index (χ1v) is 13.3. The molecule has 0 bridgehead atoms. The van der Waals surface area contributed by atoms with Crippen molar-refractivity contribution in [3.8, 4) is 17.1 Å². The Morgan fingerprint density at radius 3 is 2.42 bits per heavy atom. The summed E-state index contributed by atoms with van der Waals surface area (Å²) in [5.41, 5.74) is 6.55. The SMILES string of the molecule is CCCCn1c(-c2cccc3nc(CCC)n(Cc4ccc(OC)cc4)c23)nc2cc(C(=O)OC)ccc21. The molecule has 2 aromatic heterocycles. The molecule has 38 heavy (non-hydrogen) atoms. The van der Waals surface area contributed by atoms with Crippen molar-refractivity contribution < 1.29 is 14.3 Å². The summed E-state index contributed by atoms with van der Waals surface area (Å²) in [7, 11) is 3.08. The van der Waals surface area contributed by atoms with Crippen molar-refractivity contribution in [3.63, 3.8) is 0 Å². The van der Waals surface area contributed by atoms with Crippen molar-refractivity contribution in [1.82, 2.24) is 19.1 Å². The highest BCUT2D eigenvalue weighted by molar-refractivity contribution is 5.96. The van der Waals surface area contributed by atoms with E-state index in [2.05, 4.69) is 53.3 Å². The van der Waals surface area contributed by atoms with E-state index in [9.17, 15) is 4.79 Å². The standard InChI is InChI=1S/C31H34N4O3/c1-5-7-18-34-27-17-14-22(31(36)38-4)19-26(27)33-30(34)24-10-8-11-25-29(24)35(28(32-25)9-6-2)20-21-12-15-23(37-3)16-13-21/h8,10-17,19H,5-7,9,18,20H2,1-4H3. The molecule has 5 rings (SSSR count). The van der Waals surface area contributed by atoms with Crippen LogP contribution in [0.4, 0.5) is 0 Å². The van der Waals surface area contributed by atoms with Crippen molar-refractivity contribution in [2.75, 3.05) is 14.2 Å². The van der Waals surface area contributed by atoms with E-state index < -0.39 is 0 Å². The fourth-order valence-corrected chi connectivity index (χ4v) is 5.04. The van der Waals surface area contributed by atoms with E-state index in [1.807, 2.05) is 30.3 Å². The Kier molecular flexibility index (Phi) is 7.45. The summed E-state index contributed by atoms with van der Waals surface area (Å²) in [6, 6.07) is 20.1. The van der Waals surface area contributed by atoms with E-state index in [0.29, 0.717) is 12.1 Å². The molecule has 0 saturated heterocycles. The summed E-state index contributed by atoms with van der Waals surface area (Å²) in [5, 5.41) is 0. The van der Waals surface area contributed by atoms with Crippen LogP contribution in [-0.2, 0) is 24.2 Å². The van der Waals surface area contributed by atoms with Gasteiger partial charge in [-0.25, -0.2) is 14.8 Å². The second-order valence-corrected chi connectivity index (χ2v) is 9.52. The number of rotatable bonds is 10. The molecular formula is C31H34N4O3. The molecule has 0 aliphatic carbocycles. The van der Waals surface area contributed by atoms with Gasteiger partial charge in [0, 0.05) is 25.1 Å². The summed E-state index contributed by atoms with van der Waals surface area (Å²) >= 11 is 0. The fraction of sp³-hybridized carbons (Fsp3) is 0.323. The van der Waals surface area contributed by atoms with Gasteiger partial charge in [-0.05, 0) is 60.9 Å². The maximum absolute atomic E-state index is 12.2. The molecule has 3 aromatic carbocycles. The highest BCUT2D eigenvalue weighted by Gasteiger charge is 2.21. The minimum atomic E-state index is -0.361. The number of imidazole rings is 2. The lowest BCUT2D eigenvalue weighted by Crippen LogP contribution is -2.07. The second kappa shape index (κ2) is 11.1. The molecule has 0 amide bonds. The lowest BCUT2D eigenvalue weighted by Gasteiger charge is -2.14. The van der Waals surface area contributed by atoms with E-state index in [4.69, 9.17) is 19.4 Å². The van der Waals surface area contributed by atoms with Crippen molar-refractivity contribution in [3.05, 3.63) is 77.6 Å².